The van der Waals surface area contributed by atoms with E-state index in [1.54, 1.807) is 18.5 Å². The first-order chi connectivity index (χ1) is 9.65. The van der Waals surface area contributed by atoms with E-state index in [1.807, 2.05) is 4.57 Å². The summed E-state index contributed by atoms with van der Waals surface area (Å²) < 4.78 is 15.2. The van der Waals surface area contributed by atoms with Gasteiger partial charge in [-0.15, -0.1) is 0 Å². The maximum atomic E-state index is 13.2. The Morgan fingerprint density at radius 2 is 2.05 bits per heavy atom. The lowest BCUT2D eigenvalue weighted by Crippen LogP contribution is -2.01. The van der Waals surface area contributed by atoms with E-state index in [-0.39, 0.29) is 11.9 Å². The summed E-state index contributed by atoms with van der Waals surface area (Å²) in [6.07, 6.45) is 3.21. The van der Waals surface area contributed by atoms with Gasteiger partial charge in [0.25, 0.3) is 0 Å². The van der Waals surface area contributed by atoms with E-state index in [1.165, 1.54) is 18.5 Å². The lowest BCUT2D eigenvalue weighted by molar-refractivity contribution is 0.612. The lowest BCUT2D eigenvalue weighted by Gasteiger charge is -2.08. The highest BCUT2D eigenvalue weighted by Crippen LogP contribution is 2.23. The van der Waals surface area contributed by atoms with Gasteiger partial charge >= 0.3 is 0 Å². The van der Waals surface area contributed by atoms with Gasteiger partial charge in [-0.3, -0.25) is 0 Å². The van der Waals surface area contributed by atoms with Crippen LogP contribution in [0.15, 0.2) is 36.9 Å². The number of nitrogens with zero attached hydrogens (tertiary/aromatic N) is 4. The topological polar surface area (TPSA) is 55.6 Å². The minimum atomic E-state index is -0.298. The van der Waals surface area contributed by atoms with Crippen LogP contribution in [-0.2, 0) is 0 Å². The van der Waals surface area contributed by atoms with Crippen molar-refractivity contribution in [1.82, 2.24) is 19.5 Å². The molecule has 0 saturated heterocycles. The van der Waals surface area contributed by atoms with E-state index in [0.29, 0.717) is 17.0 Å². The third-order valence-electron chi connectivity index (χ3n) is 3.00. The summed E-state index contributed by atoms with van der Waals surface area (Å²) in [5, 5.41) is 3.07. The molecule has 1 N–H and O–H groups in total. The molecular formula is C14H14FN5. The van der Waals surface area contributed by atoms with E-state index < -0.39 is 0 Å². The summed E-state index contributed by atoms with van der Waals surface area (Å²) in [6.45, 7) is 4.12. The number of benzene rings is 1. The van der Waals surface area contributed by atoms with Crippen molar-refractivity contribution in [1.29, 1.82) is 0 Å². The number of rotatable bonds is 3. The van der Waals surface area contributed by atoms with E-state index in [2.05, 4.69) is 34.1 Å². The summed E-state index contributed by atoms with van der Waals surface area (Å²) >= 11 is 0. The molecule has 0 aliphatic rings. The van der Waals surface area contributed by atoms with Crippen LogP contribution >= 0.6 is 0 Å². The summed E-state index contributed by atoms with van der Waals surface area (Å²) in [5.41, 5.74) is 2.06. The summed E-state index contributed by atoms with van der Waals surface area (Å²) in [6, 6.07) is 6.48. The van der Waals surface area contributed by atoms with Crippen LogP contribution in [0.4, 0.5) is 15.9 Å². The first kappa shape index (κ1) is 12.5. The van der Waals surface area contributed by atoms with Gasteiger partial charge in [-0.05, 0) is 32.0 Å². The van der Waals surface area contributed by atoms with Crippen molar-refractivity contribution in [2.75, 3.05) is 5.32 Å². The molecule has 0 aliphatic heterocycles. The van der Waals surface area contributed by atoms with E-state index in [4.69, 9.17) is 0 Å². The zero-order valence-corrected chi connectivity index (χ0v) is 11.2. The minimum absolute atomic E-state index is 0.261. The van der Waals surface area contributed by atoms with Crippen molar-refractivity contribution >= 4 is 22.7 Å². The monoisotopic (exact) mass is 271 g/mol. The maximum Gasteiger partial charge on any atom is 0.165 e. The average molecular weight is 271 g/mol. The third-order valence-corrected chi connectivity index (χ3v) is 3.00. The average Bonchev–Trinajstić information content (AvgIpc) is 2.84. The molecule has 0 amide bonds. The second-order valence-corrected chi connectivity index (χ2v) is 4.78. The highest BCUT2D eigenvalue weighted by Gasteiger charge is 2.11. The van der Waals surface area contributed by atoms with Gasteiger partial charge in [0, 0.05) is 11.7 Å². The minimum Gasteiger partial charge on any atom is -0.338 e. The predicted octanol–water partition coefficient (Wildman–Crippen LogP) is 3.29. The van der Waals surface area contributed by atoms with Crippen molar-refractivity contribution in [3.63, 3.8) is 0 Å². The van der Waals surface area contributed by atoms with Gasteiger partial charge < -0.3 is 9.88 Å². The molecule has 102 valence electrons. The van der Waals surface area contributed by atoms with Gasteiger partial charge in [0.05, 0.1) is 6.33 Å². The Bertz CT molecular complexity index is 750. The second kappa shape index (κ2) is 4.88. The van der Waals surface area contributed by atoms with Crippen LogP contribution in [0.3, 0.4) is 0 Å². The molecule has 3 rings (SSSR count). The molecule has 0 spiro atoms. The SMILES string of the molecule is CC(C)n1cnc2c(Nc3cccc(F)c3)ncnc21. The van der Waals surface area contributed by atoms with Crippen molar-refractivity contribution in [3.05, 3.63) is 42.7 Å². The number of nitrogens with one attached hydrogen (secondary N) is 1. The van der Waals surface area contributed by atoms with Gasteiger partial charge in [0.1, 0.15) is 12.1 Å². The largest absolute Gasteiger partial charge is 0.338 e. The third kappa shape index (κ3) is 2.20. The quantitative estimate of drug-likeness (QED) is 0.794. The van der Waals surface area contributed by atoms with Crippen LogP contribution in [0.2, 0.25) is 0 Å². The van der Waals surface area contributed by atoms with Crippen molar-refractivity contribution in [3.8, 4) is 0 Å². The molecule has 2 aromatic heterocycles. The van der Waals surface area contributed by atoms with Crippen LogP contribution in [0.1, 0.15) is 19.9 Å². The Morgan fingerprint density at radius 1 is 1.20 bits per heavy atom. The van der Waals surface area contributed by atoms with Crippen LogP contribution < -0.4 is 5.32 Å². The Balaban J connectivity index is 2.04. The molecule has 20 heavy (non-hydrogen) atoms. The zero-order chi connectivity index (χ0) is 14.1. The molecule has 0 atom stereocenters. The van der Waals surface area contributed by atoms with Crippen molar-refractivity contribution < 1.29 is 4.39 Å². The summed E-state index contributed by atoms with van der Waals surface area (Å²) in [7, 11) is 0. The molecule has 1 aromatic carbocycles. The number of fused-ring (bicyclic) bond motifs is 1. The molecule has 0 radical (unpaired) electrons. The highest BCUT2D eigenvalue weighted by molar-refractivity contribution is 5.85. The van der Waals surface area contributed by atoms with Crippen molar-refractivity contribution in [2.24, 2.45) is 0 Å². The van der Waals surface area contributed by atoms with Gasteiger partial charge in [-0.1, -0.05) is 6.07 Å². The number of hydrogen-bond donors (Lipinski definition) is 1. The van der Waals surface area contributed by atoms with Crippen LogP contribution in [0, 0.1) is 5.82 Å². The molecule has 0 unspecified atom stereocenters. The van der Waals surface area contributed by atoms with Gasteiger partial charge in [0.2, 0.25) is 0 Å². The van der Waals surface area contributed by atoms with Crippen LogP contribution in [-0.4, -0.2) is 19.5 Å². The molecule has 3 aromatic rings. The first-order valence-electron chi connectivity index (χ1n) is 6.35. The van der Waals surface area contributed by atoms with Gasteiger partial charge in [-0.25, -0.2) is 19.3 Å². The highest BCUT2D eigenvalue weighted by atomic mass is 19.1. The maximum absolute atomic E-state index is 13.2. The predicted molar refractivity (Wildman–Crippen MR) is 75.4 cm³/mol. The number of hydrogen-bond acceptors (Lipinski definition) is 4. The Labute approximate surface area is 115 Å². The van der Waals surface area contributed by atoms with E-state index in [9.17, 15) is 4.39 Å². The lowest BCUT2D eigenvalue weighted by atomic mass is 10.3. The fraction of sp³-hybridized carbons (Fsp3) is 0.214. The molecule has 2 heterocycles. The molecule has 0 fully saturated rings. The van der Waals surface area contributed by atoms with Crippen LogP contribution in [0.5, 0.6) is 0 Å². The summed E-state index contributed by atoms with van der Waals surface area (Å²) in [5.74, 6) is 0.271. The van der Waals surface area contributed by atoms with Gasteiger partial charge in [0.15, 0.2) is 17.0 Å². The first-order valence-corrected chi connectivity index (χ1v) is 6.35. The molecule has 0 aliphatic carbocycles. The number of aromatic nitrogens is 4. The number of anilines is 2. The normalized spacial score (nSPS) is 11.2. The fourth-order valence-electron chi connectivity index (χ4n) is 2.02. The van der Waals surface area contributed by atoms with Crippen molar-refractivity contribution in [2.45, 2.75) is 19.9 Å². The van der Waals surface area contributed by atoms with Gasteiger partial charge in [-0.2, -0.15) is 0 Å². The number of halogens is 1. The standard InChI is InChI=1S/C14H14FN5/c1-9(2)20-8-18-12-13(16-7-17-14(12)20)19-11-5-3-4-10(15)6-11/h3-9H,1-2H3,(H,16,17,19). The Kier molecular flexibility index (Phi) is 3.06. The molecule has 0 bridgehead atoms. The van der Waals surface area contributed by atoms with E-state index >= 15 is 0 Å². The molecule has 5 nitrogen and oxygen atoms in total. The molecular weight excluding hydrogens is 257 g/mol. The Morgan fingerprint density at radius 3 is 2.80 bits per heavy atom. The molecule has 0 saturated carbocycles. The molecule has 6 heteroatoms. The summed E-state index contributed by atoms with van der Waals surface area (Å²) in [4.78, 5) is 12.8. The van der Waals surface area contributed by atoms with E-state index in [0.717, 1.165) is 5.65 Å². The van der Waals surface area contributed by atoms with Crippen LogP contribution in [0.25, 0.3) is 11.2 Å². The smallest absolute Gasteiger partial charge is 0.165 e. The Hall–Kier alpha value is -2.50. The zero-order valence-electron chi connectivity index (χ0n) is 11.2. The fourth-order valence-corrected chi connectivity index (χ4v) is 2.02. The second-order valence-electron chi connectivity index (χ2n) is 4.78. The number of imidazole rings is 1.